The molecule has 1 atom stereocenters. The van der Waals surface area contributed by atoms with Crippen molar-refractivity contribution in [3.63, 3.8) is 0 Å². The lowest BCUT2D eigenvalue weighted by molar-refractivity contribution is -0.121. The topological polar surface area (TPSA) is 55.1 Å². The number of nitrogens with one attached hydrogen (secondary N) is 1. The van der Waals surface area contributed by atoms with Crippen molar-refractivity contribution < 1.29 is 9.18 Å². The zero-order chi connectivity index (χ0) is 14.5. The molecule has 0 saturated heterocycles. The Morgan fingerprint density at radius 2 is 1.75 bits per heavy atom. The van der Waals surface area contributed by atoms with Gasteiger partial charge in [0.05, 0.1) is 12.5 Å². The second kappa shape index (κ2) is 6.19. The molecule has 2 aromatic carbocycles. The highest BCUT2D eigenvalue weighted by Crippen LogP contribution is 2.13. The van der Waals surface area contributed by atoms with E-state index < -0.39 is 0 Å². The number of nitrogens with two attached hydrogens (primary N) is 1. The first-order valence-electron chi connectivity index (χ1n) is 6.44. The maximum Gasteiger partial charge on any atom is 0.224 e. The van der Waals surface area contributed by atoms with Crippen LogP contribution in [0.5, 0.6) is 0 Å². The van der Waals surface area contributed by atoms with Gasteiger partial charge in [-0.15, -0.1) is 0 Å². The van der Waals surface area contributed by atoms with Gasteiger partial charge >= 0.3 is 0 Å². The quantitative estimate of drug-likeness (QED) is 0.841. The molecule has 20 heavy (non-hydrogen) atoms. The van der Waals surface area contributed by atoms with Gasteiger partial charge in [-0.25, -0.2) is 4.39 Å². The molecule has 0 aromatic heterocycles. The van der Waals surface area contributed by atoms with Gasteiger partial charge in [-0.05, 0) is 42.3 Å². The van der Waals surface area contributed by atoms with Gasteiger partial charge in [-0.2, -0.15) is 0 Å². The lowest BCUT2D eigenvalue weighted by Gasteiger charge is -2.14. The molecule has 1 unspecified atom stereocenters. The van der Waals surface area contributed by atoms with Crippen LogP contribution in [0.1, 0.15) is 24.1 Å². The van der Waals surface area contributed by atoms with E-state index in [1.165, 1.54) is 12.1 Å². The summed E-state index contributed by atoms with van der Waals surface area (Å²) in [6.45, 7) is 1.87. The van der Waals surface area contributed by atoms with E-state index >= 15 is 0 Å². The third-order valence-corrected chi connectivity index (χ3v) is 3.09. The standard InChI is InChI=1S/C16H17FN2O/c1-11(13-4-6-14(17)7-5-13)19-16(20)10-12-2-8-15(18)9-3-12/h2-9,11H,10,18H2,1H3,(H,19,20). The molecule has 0 bridgehead atoms. The lowest BCUT2D eigenvalue weighted by Crippen LogP contribution is -2.28. The number of carbonyl (C=O) groups excluding carboxylic acids is 1. The highest BCUT2D eigenvalue weighted by Gasteiger charge is 2.10. The van der Waals surface area contributed by atoms with Crippen molar-refractivity contribution in [2.24, 2.45) is 0 Å². The van der Waals surface area contributed by atoms with Gasteiger partial charge in [0.1, 0.15) is 5.82 Å². The summed E-state index contributed by atoms with van der Waals surface area (Å²) in [6.07, 6.45) is 0.297. The van der Waals surface area contributed by atoms with Crippen LogP contribution >= 0.6 is 0 Å². The van der Waals surface area contributed by atoms with Crippen LogP contribution in [0.3, 0.4) is 0 Å². The molecule has 2 aromatic rings. The molecule has 0 saturated carbocycles. The number of amides is 1. The molecule has 0 aliphatic heterocycles. The molecule has 0 heterocycles. The van der Waals surface area contributed by atoms with Gasteiger partial charge < -0.3 is 11.1 Å². The highest BCUT2D eigenvalue weighted by molar-refractivity contribution is 5.79. The molecule has 0 aliphatic rings. The Labute approximate surface area is 117 Å². The van der Waals surface area contributed by atoms with Gasteiger partial charge in [-0.3, -0.25) is 4.79 Å². The number of halogens is 1. The minimum Gasteiger partial charge on any atom is -0.399 e. The zero-order valence-corrected chi connectivity index (χ0v) is 11.3. The minimum absolute atomic E-state index is 0.0772. The molecular formula is C16H17FN2O. The largest absolute Gasteiger partial charge is 0.399 e. The summed E-state index contributed by atoms with van der Waals surface area (Å²) in [5.41, 5.74) is 8.05. The van der Waals surface area contributed by atoms with Gasteiger partial charge in [0.15, 0.2) is 0 Å². The molecular weight excluding hydrogens is 255 g/mol. The van der Waals surface area contributed by atoms with Crippen LogP contribution in [0.2, 0.25) is 0 Å². The van der Waals surface area contributed by atoms with Crippen LogP contribution in [0.4, 0.5) is 10.1 Å². The molecule has 0 fully saturated rings. The fraction of sp³-hybridized carbons (Fsp3) is 0.188. The van der Waals surface area contributed by atoms with Crippen LogP contribution in [-0.2, 0) is 11.2 Å². The maximum atomic E-state index is 12.8. The number of anilines is 1. The van der Waals surface area contributed by atoms with Crippen LogP contribution in [0, 0.1) is 5.82 Å². The summed E-state index contributed by atoms with van der Waals surface area (Å²) in [4.78, 5) is 11.9. The van der Waals surface area contributed by atoms with Gasteiger partial charge in [0, 0.05) is 5.69 Å². The predicted octanol–water partition coefficient (Wildman–Crippen LogP) is 2.83. The first-order chi connectivity index (χ1) is 9.54. The molecule has 1 amide bonds. The van der Waals surface area contributed by atoms with Crippen molar-refractivity contribution in [3.05, 3.63) is 65.5 Å². The van der Waals surface area contributed by atoms with E-state index in [0.717, 1.165) is 11.1 Å². The van der Waals surface area contributed by atoms with Crippen molar-refractivity contribution in [2.75, 3.05) is 5.73 Å². The second-order valence-corrected chi connectivity index (χ2v) is 4.76. The van der Waals surface area contributed by atoms with E-state index in [4.69, 9.17) is 5.73 Å². The third kappa shape index (κ3) is 3.82. The van der Waals surface area contributed by atoms with Crippen molar-refractivity contribution in [1.82, 2.24) is 5.32 Å². The Hall–Kier alpha value is -2.36. The van der Waals surface area contributed by atoms with E-state index in [1.807, 2.05) is 19.1 Å². The first kappa shape index (κ1) is 14.1. The van der Waals surface area contributed by atoms with Gasteiger partial charge in [-0.1, -0.05) is 24.3 Å². The average molecular weight is 272 g/mol. The van der Waals surface area contributed by atoms with Crippen LogP contribution in [-0.4, -0.2) is 5.91 Å². The highest BCUT2D eigenvalue weighted by atomic mass is 19.1. The van der Waals surface area contributed by atoms with Crippen LogP contribution in [0.25, 0.3) is 0 Å². The number of nitrogen functional groups attached to an aromatic ring is 1. The van der Waals surface area contributed by atoms with Gasteiger partial charge in [0.25, 0.3) is 0 Å². The normalized spacial score (nSPS) is 11.9. The molecule has 2 rings (SSSR count). The molecule has 0 radical (unpaired) electrons. The zero-order valence-electron chi connectivity index (χ0n) is 11.3. The Morgan fingerprint density at radius 3 is 2.35 bits per heavy atom. The fourth-order valence-electron chi connectivity index (χ4n) is 1.95. The molecule has 3 nitrogen and oxygen atoms in total. The number of benzene rings is 2. The second-order valence-electron chi connectivity index (χ2n) is 4.76. The summed E-state index contributed by atoms with van der Waals surface area (Å²) in [7, 11) is 0. The van der Waals surface area contributed by atoms with E-state index in [0.29, 0.717) is 12.1 Å². The number of rotatable bonds is 4. The third-order valence-electron chi connectivity index (χ3n) is 3.09. The Balaban J connectivity index is 1.93. The summed E-state index contributed by atoms with van der Waals surface area (Å²) in [5, 5.41) is 2.89. The Morgan fingerprint density at radius 1 is 1.15 bits per heavy atom. The molecule has 0 spiro atoms. The number of hydrogen-bond donors (Lipinski definition) is 2. The molecule has 0 aliphatic carbocycles. The lowest BCUT2D eigenvalue weighted by atomic mass is 10.1. The number of hydrogen-bond acceptors (Lipinski definition) is 2. The van der Waals surface area contributed by atoms with Crippen molar-refractivity contribution >= 4 is 11.6 Å². The van der Waals surface area contributed by atoms with E-state index in [9.17, 15) is 9.18 Å². The van der Waals surface area contributed by atoms with E-state index in [1.54, 1.807) is 24.3 Å². The van der Waals surface area contributed by atoms with E-state index in [2.05, 4.69) is 5.32 Å². The Kier molecular flexibility index (Phi) is 4.35. The minimum atomic E-state index is -0.283. The summed E-state index contributed by atoms with van der Waals surface area (Å²) >= 11 is 0. The monoisotopic (exact) mass is 272 g/mol. The molecule has 3 N–H and O–H groups in total. The summed E-state index contributed by atoms with van der Waals surface area (Å²) < 4.78 is 12.8. The number of carbonyl (C=O) groups is 1. The predicted molar refractivity (Wildman–Crippen MR) is 77.5 cm³/mol. The molecule has 4 heteroatoms. The Bertz CT molecular complexity index is 578. The van der Waals surface area contributed by atoms with Crippen LogP contribution in [0.15, 0.2) is 48.5 Å². The average Bonchev–Trinajstić information content (AvgIpc) is 2.42. The first-order valence-corrected chi connectivity index (χ1v) is 6.44. The van der Waals surface area contributed by atoms with E-state index in [-0.39, 0.29) is 17.8 Å². The maximum absolute atomic E-state index is 12.8. The smallest absolute Gasteiger partial charge is 0.224 e. The van der Waals surface area contributed by atoms with Crippen LogP contribution < -0.4 is 11.1 Å². The SMILES string of the molecule is CC(NC(=O)Cc1ccc(N)cc1)c1ccc(F)cc1. The van der Waals surface area contributed by atoms with Crippen molar-refractivity contribution in [3.8, 4) is 0 Å². The summed E-state index contributed by atoms with van der Waals surface area (Å²) in [5.74, 6) is -0.360. The van der Waals surface area contributed by atoms with Gasteiger partial charge in [0.2, 0.25) is 5.91 Å². The molecule has 104 valence electrons. The fourth-order valence-corrected chi connectivity index (χ4v) is 1.95. The van der Waals surface area contributed by atoms with Crippen molar-refractivity contribution in [1.29, 1.82) is 0 Å². The summed E-state index contributed by atoms with van der Waals surface area (Å²) in [6, 6.07) is 13.2. The van der Waals surface area contributed by atoms with Crippen molar-refractivity contribution in [2.45, 2.75) is 19.4 Å².